The van der Waals surface area contributed by atoms with Crippen molar-refractivity contribution in [3.05, 3.63) is 22.0 Å². The molecule has 1 aliphatic rings. The summed E-state index contributed by atoms with van der Waals surface area (Å²) >= 11 is 1.80. The van der Waals surface area contributed by atoms with E-state index in [1.165, 1.54) is 41.5 Å². The smallest absolute Gasteiger partial charge is 0.127 e. The number of methoxy groups -OCH3 is 1. The molecular weight excluding hydrogens is 294 g/mol. The number of nitrogens with one attached hydrogen (secondary N) is 1. The molecule has 0 bridgehead atoms. The zero-order valence-electron chi connectivity index (χ0n) is 13.9. The molecule has 3 rings (SSSR count). The second kappa shape index (κ2) is 6.60. The molecule has 1 fully saturated rings. The van der Waals surface area contributed by atoms with Gasteiger partial charge in [-0.2, -0.15) is 0 Å². The van der Waals surface area contributed by atoms with Crippen LogP contribution in [0.2, 0.25) is 0 Å². The molecule has 0 aromatic carbocycles. The lowest BCUT2D eigenvalue weighted by Crippen LogP contribution is -2.42. The summed E-state index contributed by atoms with van der Waals surface area (Å²) < 4.78 is 5.63. The summed E-state index contributed by atoms with van der Waals surface area (Å²) in [5, 5.41) is 4.95. The summed E-state index contributed by atoms with van der Waals surface area (Å²) in [6.07, 6.45) is 5.32. The Kier molecular flexibility index (Phi) is 4.76. The highest BCUT2D eigenvalue weighted by atomic mass is 32.1. The van der Waals surface area contributed by atoms with Crippen LogP contribution in [0.5, 0.6) is 0 Å². The molecule has 0 amide bonds. The summed E-state index contributed by atoms with van der Waals surface area (Å²) in [5.41, 5.74) is 2.42. The summed E-state index contributed by atoms with van der Waals surface area (Å²) in [5.74, 6) is 0.859. The zero-order chi connectivity index (χ0) is 15.7. The molecule has 0 radical (unpaired) electrons. The standard InChI is InChI=1S/C17H25N3OS/c1-10-15(9-18-13-7-5-6-8-14(13)21-4)22-17-16(10)11(2)19-12(3)20-17/h13-14,18H,5-9H2,1-4H3/t13-,14-/m1/s1. The van der Waals surface area contributed by atoms with E-state index in [9.17, 15) is 0 Å². The minimum absolute atomic E-state index is 0.354. The first-order chi connectivity index (χ1) is 10.6. The fourth-order valence-corrected chi connectivity index (χ4v) is 4.75. The van der Waals surface area contributed by atoms with Gasteiger partial charge in [-0.15, -0.1) is 11.3 Å². The molecule has 1 N–H and O–H groups in total. The lowest BCUT2D eigenvalue weighted by Gasteiger charge is -2.31. The molecule has 2 aromatic heterocycles. The number of nitrogens with zero attached hydrogens (tertiary/aromatic N) is 2. The molecule has 2 atom stereocenters. The number of fused-ring (bicyclic) bond motifs is 1. The van der Waals surface area contributed by atoms with E-state index in [0.29, 0.717) is 12.1 Å². The van der Waals surface area contributed by atoms with Gasteiger partial charge in [0.2, 0.25) is 0 Å². The third-order valence-electron chi connectivity index (χ3n) is 4.71. The van der Waals surface area contributed by atoms with Crippen LogP contribution in [0.3, 0.4) is 0 Å². The van der Waals surface area contributed by atoms with Crippen LogP contribution in [0.15, 0.2) is 0 Å². The highest BCUT2D eigenvalue weighted by Crippen LogP contribution is 2.31. The van der Waals surface area contributed by atoms with Gasteiger partial charge in [-0.3, -0.25) is 0 Å². The lowest BCUT2D eigenvalue weighted by atomic mass is 9.92. The average molecular weight is 319 g/mol. The summed E-state index contributed by atoms with van der Waals surface area (Å²) in [6.45, 7) is 7.13. The maximum Gasteiger partial charge on any atom is 0.127 e. The van der Waals surface area contributed by atoms with E-state index in [-0.39, 0.29) is 0 Å². The fraction of sp³-hybridized carbons (Fsp3) is 0.647. The Bertz CT molecular complexity index is 667. The van der Waals surface area contributed by atoms with Gasteiger partial charge in [0, 0.05) is 35.7 Å². The lowest BCUT2D eigenvalue weighted by molar-refractivity contribution is 0.0413. The maximum absolute atomic E-state index is 5.63. The molecule has 0 unspecified atom stereocenters. The predicted molar refractivity (Wildman–Crippen MR) is 91.5 cm³/mol. The van der Waals surface area contributed by atoms with E-state index in [1.807, 2.05) is 14.0 Å². The van der Waals surface area contributed by atoms with Gasteiger partial charge in [-0.05, 0) is 39.2 Å². The van der Waals surface area contributed by atoms with Gasteiger partial charge in [0.1, 0.15) is 10.7 Å². The summed E-state index contributed by atoms with van der Waals surface area (Å²) in [6, 6.07) is 0.470. The highest BCUT2D eigenvalue weighted by Gasteiger charge is 2.24. The molecule has 0 saturated heterocycles. The van der Waals surface area contributed by atoms with E-state index in [1.54, 1.807) is 11.3 Å². The number of thiophene rings is 1. The third kappa shape index (κ3) is 3.03. The normalized spacial score (nSPS) is 22.4. The average Bonchev–Trinajstić information content (AvgIpc) is 2.81. The SMILES string of the molecule is CO[C@@H]1CCCC[C@H]1NCc1sc2nc(C)nc(C)c2c1C. The molecule has 120 valence electrons. The topological polar surface area (TPSA) is 47.0 Å². The van der Waals surface area contributed by atoms with Crippen LogP contribution in [-0.4, -0.2) is 29.2 Å². The van der Waals surface area contributed by atoms with Crippen LogP contribution >= 0.6 is 11.3 Å². The van der Waals surface area contributed by atoms with Gasteiger partial charge in [0.25, 0.3) is 0 Å². The van der Waals surface area contributed by atoms with E-state index in [4.69, 9.17) is 4.74 Å². The van der Waals surface area contributed by atoms with Gasteiger partial charge in [0.05, 0.1) is 6.10 Å². The van der Waals surface area contributed by atoms with Crippen LogP contribution in [0, 0.1) is 20.8 Å². The van der Waals surface area contributed by atoms with Gasteiger partial charge < -0.3 is 10.1 Å². The second-order valence-corrected chi connectivity index (χ2v) is 7.32. The Hall–Kier alpha value is -1.04. The molecule has 4 nitrogen and oxygen atoms in total. The zero-order valence-corrected chi connectivity index (χ0v) is 14.7. The first-order valence-corrected chi connectivity index (χ1v) is 8.91. The third-order valence-corrected chi connectivity index (χ3v) is 5.90. The van der Waals surface area contributed by atoms with Crippen molar-refractivity contribution in [3.63, 3.8) is 0 Å². The van der Waals surface area contributed by atoms with Gasteiger partial charge >= 0.3 is 0 Å². The number of ether oxygens (including phenoxy) is 1. The maximum atomic E-state index is 5.63. The molecule has 0 spiro atoms. The monoisotopic (exact) mass is 319 g/mol. The van der Waals surface area contributed by atoms with Crippen molar-refractivity contribution in [1.82, 2.24) is 15.3 Å². The predicted octanol–water partition coefficient (Wildman–Crippen LogP) is 3.66. The Morgan fingerprint density at radius 1 is 1.18 bits per heavy atom. The van der Waals surface area contributed by atoms with Gasteiger partial charge in [-0.1, -0.05) is 12.8 Å². The minimum Gasteiger partial charge on any atom is -0.380 e. The van der Waals surface area contributed by atoms with Crippen LogP contribution in [0.25, 0.3) is 10.2 Å². The largest absolute Gasteiger partial charge is 0.380 e. The number of aryl methyl sites for hydroxylation is 3. The molecule has 1 aliphatic carbocycles. The van der Waals surface area contributed by atoms with Crippen molar-refractivity contribution in [2.45, 2.75) is 65.1 Å². The van der Waals surface area contributed by atoms with Crippen molar-refractivity contribution >= 4 is 21.6 Å². The number of hydrogen-bond donors (Lipinski definition) is 1. The summed E-state index contributed by atoms with van der Waals surface area (Å²) in [4.78, 5) is 11.6. The first kappa shape index (κ1) is 15.8. The molecule has 2 heterocycles. The van der Waals surface area contributed by atoms with Crippen LogP contribution in [0.1, 0.15) is 47.6 Å². The van der Waals surface area contributed by atoms with E-state index >= 15 is 0 Å². The molecule has 2 aromatic rings. The van der Waals surface area contributed by atoms with Crippen molar-refractivity contribution in [2.75, 3.05) is 7.11 Å². The molecule has 0 aliphatic heterocycles. The number of aromatic nitrogens is 2. The highest BCUT2D eigenvalue weighted by molar-refractivity contribution is 7.18. The van der Waals surface area contributed by atoms with Gasteiger partial charge in [0.15, 0.2) is 0 Å². The van der Waals surface area contributed by atoms with Crippen LogP contribution in [-0.2, 0) is 11.3 Å². The Labute approximate surface area is 136 Å². The Balaban J connectivity index is 1.79. The fourth-order valence-electron chi connectivity index (χ4n) is 3.52. The van der Waals surface area contributed by atoms with Gasteiger partial charge in [-0.25, -0.2) is 9.97 Å². The minimum atomic E-state index is 0.354. The molecule has 1 saturated carbocycles. The van der Waals surface area contributed by atoms with Crippen molar-refractivity contribution in [1.29, 1.82) is 0 Å². The van der Waals surface area contributed by atoms with Crippen molar-refractivity contribution < 1.29 is 4.74 Å². The van der Waals surface area contributed by atoms with E-state index in [2.05, 4.69) is 29.1 Å². The van der Waals surface area contributed by atoms with Crippen LogP contribution in [0.4, 0.5) is 0 Å². The molecule has 5 heteroatoms. The molecular formula is C17H25N3OS. The molecule has 22 heavy (non-hydrogen) atoms. The van der Waals surface area contributed by atoms with E-state index < -0.39 is 0 Å². The number of hydrogen-bond acceptors (Lipinski definition) is 5. The quantitative estimate of drug-likeness (QED) is 0.934. The first-order valence-electron chi connectivity index (χ1n) is 8.09. The number of rotatable bonds is 4. The summed E-state index contributed by atoms with van der Waals surface area (Å²) in [7, 11) is 1.83. The van der Waals surface area contributed by atoms with E-state index in [0.717, 1.165) is 22.9 Å². The van der Waals surface area contributed by atoms with Crippen molar-refractivity contribution in [3.8, 4) is 0 Å². The second-order valence-electron chi connectivity index (χ2n) is 6.23. The Morgan fingerprint density at radius 3 is 2.73 bits per heavy atom. The van der Waals surface area contributed by atoms with Crippen molar-refractivity contribution in [2.24, 2.45) is 0 Å². The Morgan fingerprint density at radius 2 is 1.95 bits per heavy atom. The van der Waals surface area contributed by atoms with Crippen LogP contribution < -0.4 is 5.32 Å².